The molecule has 23 heavy (non-hydrogen) atoms. The summed E-state index contributed by atoms with van der Waals surface area (Å²) in [5.41, 5.74) is 0.629. The number of carbonyl (C=O) groups is 1. The van der Waals surface area contributed by atoms with Gasteiger partial charge in [0.1, 0.15) is 6.04 Å². The van der Waals surface area contributed by atoms with Crippen molar-refractivity contribution in [3.05, 3.63) is 29.3 Å². The topological polar surface area (TPSA) is 66.5 Å². The molecule has 1 aromatic carbocycles. The maximum absolute atomic E-state index is 12.8. The van der Waals surface area contributed by atoms with Crippen LogP contribution in [0, 0.1) is 0 Å². The number of amides is 1. The monoisotopic (exact) mass is 356 g/mol. The first-order valence-electron chi connectivity index (χ1n) is 8.05. The molecule has 126 valence electrons. The fourth-order valence-electron chi connectivity index (χ4n) is 3.44. The third-order valence-electron chi connectivity index (χ3n) is 4.67. The third kappa shape index (κ3) is 3.54. The summed E-state index contributed by atoms with van der Waals surface area (Å²) in [5.74, 6) is -0.258. The van der Waals surface area contributed by atoms with Crippen molar-refractivity contribution in [1.29, 1.82) is 0 Å². The summed E-state index contributed by atoms with van der Waals surface area (Å²) in [4.78, 5) is 12.5. The lowest BCUT2D eigenvalue weighted by Crippen LogP contribution is -2.46. The SMILES string of the molecule is O=C(Nc1ccc(Cl)cc1)[C@@H]1CCCN1S(=O)(=O)C1CCCC1. The standard InChI is InChI=1S/C16H21ClN2O3S/c17-12-7-9-13(10-8-12)18-16(20)15-6-3-11-19(15)23(21,22)14-4-1-2-5-14/h7-10,14-15H,1-6,11H2,(H,18,20)/t15-/m0/s1. The van der Waals surface area contributed by atoms with Gasteiger partial charge in [-0.2, -0.15) is 4.31 Å². The van der Waals surface area contributed by atoms with Crippen LogP contribution in [0.15, 0.2) is 24.3 Å². The predicted octanol–water partition coefficient (Wildman–Crippen LogP) is 3.02. The average Bonchev–Trinajstić information content (AvgIpc) is 3.21. The van der Waals surface area contributed by atoms with Crippen LogP contribution >= 0.6 is 11.6 Å². The van der Waals surface area contributed by atoms with Crippen molar-refractivity contribution < 1.29 is 13.2 Å². The highest BCUT2D eigenvalue weighted by atomic mass is 35.5. The fraction of sp³-hybridized carbons (Fsp3) is 0.562. The first kappa shape index (κ1) is 16.7. The molecule has 3 rings (SSSR count). The highest BCUT2D eigenvalue weighted by Gasteiger charge is 2.43. The lowest BCUT2D eigenvalue weighted by Gasteiger charge is -2.26. The smallest absolute Gasteiger partial charge is 0.242 e. The maximum Gasteiger partial charge on any atom is 0.242 e. The minimum Gasteiger partial charge on any atom is -0.325 e. The van der Waals surface area contributed by atoms with E-state index in [1.165, 1.54) is 4.31 Å². The van der Waals surface area contributed by atoms with Crippen molar-refractivity contribution in [2.45, 2.75) is 49.8 Å². The van der Waals surface area contributed by atoms with Gasteiger partial charge in [0.15, 0.2) is 0 Å². The molecule has 0 spiro atoms. The zero-order valence-electron chi connectivity index (χ0n) is 12.9. The molecule has 0 unspecified atom stereocenters. The summed E-state index contributed by atoms with van der Waals surface area (Å²) in [6, 6.07) is 6.21. The number of hydrogen-bond donors (Lipinski definition) is 1. The van der Waals surface area contributed by atoms with Gasteiger partial charge in [-0.1, -0.05) is 24.4 Å². The molecule has 1 N–H and O–H groups in total. The van der Waals surface area contributed by atoms with Gasteiger partial charge in [-0.15, -0.1) is 0 Å². The summed E-state index contributed by atoms with van der Waals surface area (Å²) in [6.07, 6.45) is 4.64. The first-order valence-corrected chi connectivity index (χ1v) is 9.94. The van der Waals surface area contributed by atoms with E-state index >= 15 is 0 Å². The number of carbonyl (C=O) groups excluding carboxylic acids is 1. The van der Waals surface area contributed by atoms with Crippen LogP contribution in [0.25, 0.3) is 0 Å². The number of anilines is 1. The lowest BCUT2D eigenvalue weighted by molar-refractivity contribution is -0.119. The molecule has 1 amide bonds. The Kier molecular flexibility index (Phi) is 4.94. The van der Waals surface area contributed by atoms with E-state index < -0.39 is 16.1 Å². The second-order valence-corrected chi connectivity index (χ2v) is 8.82. The van der Waals surface area contributed by atoms with Gasteiger partial charge in [0, 0.05) is 17.3 Å². The van der Waals surface area contributed by atoms with E-state index in [2.05, 4.69) is 5.32 Å². The predicted molar refractivity (Wildman–Crippen MR) is 91.0 cm³/mol. The van der Waals surface area contributed by atoms with Crippen molar-refractivity contribution in [3.63, 3.8) is 0 Å². The van der Waals surface area contributed by atoms with Crippen LogP contribution in [-0.2, 0) is 14.8 Å². The summed E-state index contributed by atoms with van der Waals surface area (Å²) in [5, 5.41) is 3.08. The van der Waals surface area contributed by atoms with Gasteiger partial charge in [0.05, 0.1) is 5.25 Å². The van der Waals surface area contributed by atoms with Crippen LogP contribution < -0.4 is 5.32 Å². The molecule has 5 nitrogen and oxygen atoms in total. The fourth-order valence-corrected chi connectivity index (χ4v) is 5.82. The molecule has 1 aliphatic heterocycles. The molecular formula is C16H21ClN2O3S. The minimum absolute atomic E-state index is 0.258. The normalized spacial score (nSPS) is 23.3. The van der Waals surface area contributed by atoms with E-state index in [-0.39, 0.29) is 11.2 Å². The van der Waals surface area contributed by atoms with Crippen LogP contribution in [0.1, 0.15) is 38.5 Å². The Bertz CT molecular complexity index is 669. The number of nitrogens with zero attached hydrogens (tertiary/aromatic N) is 1. The van der Waals surface area contributed by atoms with Gasteiger partial charge < -0.3 is 5.32 Å². The molecule has 1 heterocycles. The van der Waals surface area contributed by atoms with Crippen LogP contribution in [0.2, 0.25) is 5.02 Å². The summed E-state index contributed by atoms with van der Waals surface area (Å²) in [7, 11) is -3.38. The van der Waals surface area contributed by atoms with E-state index in [0.29, 0.717) is 36.5 Å². The molecule has 2 aliphatic rings. The number of halogens is 1. The number of hydrogen-bond acceptors (Lipinski definition) is 3. The van der Waals surface area contributed by atoms with Gasteiger partial charge in [0.2, 0.25) is 15.9 Å². The van der Waals surface area contributed by atoms with Crippen LogP contribution in [0.3, 0.4) is 0 Å². The maximum atomic E-state index is 12.8. The summed E-state index contributed by atoms with van der Waals surface area (Å²) in [6.45, 7) is 0.442. The van der Waals surface area contributed by atoms with E-state index in [1.807, 2.05) is 0 Å². The molecule has 1 aromatic rings. The van der Waals surface area contributed by atoms with Gasteiger partial charge in [-0.25, -0.2) is 8.42 Å². The molecule has 0 aromatic heterocycles. The molecule has 7 heteroatoms. The average molecular weight is 357 g/mol. The third-order valence-corrected chi connectivity index (χ3v) is 7.33. The Morgan fingerprint density at radius 2 is 1.74 bits per heavy atom. The van der Waals surface area contributed by atoms with Gasteiger partial charge in [-0.3, -0.25) is 4.79 Å². The summed E-state index contributed by atoms with van der Waals surface area (Å²) >= 11 is 5.83. The van der Waals surface area contributed by atoms with Crippen LogP contribution in [-0.4, -0.2) is 36.5 Å². The summed E-state index contributed by atoms with van der Waals surface area (Å²) < 4.78 is 27.0. The molecule has 1 saturated carbocycles. The van der Waals surface area contributed by atoms with Crippen LogP contribution in [0.5, 0.6) is 0 Å². The van der Waals surface area contributed by atoms with Gasteiger partial charge in [-0.05, 0) is 49.9 Å². The van der Waals surface area contributed by atoms with Crippen LogP contribution in [0.4, 0.5) is 5.69 Å². The molecule has 1 saturated heterocycles. The Balaban J connectivity index is 1.73. The van der Waals surface area contributed by atoms with Crippen molar-refractivity contribution in [1.82, 2.24) is 4.31 Å². The van der Waals surface area contributed by atoms with Crippen molar-refractivity contribution in [2.75, 3.05) is 11.9 Å². The number of nitrogens with one attached hydrogen (secondary N) is 1. The van der Waals surface area contributed by atoms with Gasteiger partial charge >= 0.3 is 0 Å². The molecule has 0 bridgehead atoms. The second-order valence-electron chi connectivity index (χ2n) is 6.22. The van der Waals surface area contributed by atoms with Crippen molar-refractivity contribution >= 4 is 33.2 Å². The van der Waals surface area contributed by atoms with Crippen molar-refractivity contribution in [3.8, 4) is 0 Å². The number of rotatable bonds is 4. The number of sulfonamides is 1. The highest BCUT2D eigenvalue weighted by molar-refractivity contribution is 7.89. The Labute approximate surface area is 142 Å². The van der Waals surface area contributed by atoms with E-state index in [9.17, 15) is 13.2 Å². The zero-order valence-corrected chi connectivity index (χ0v) is 14.4. The second kappa shape index (κ2) is 6.79. The highest BCUT2D eigenvalue weighted by Crippen LogP contribution is 2.32. The van der Waals surface area contributed by atoms with Crippen molar-refractivity contribution in [2.24, 2.45) is 0 Å². The zero-order chi connectivity index (χ0) is 16.4. The molecule has 0 radical (unpaired) electrons. The Morgan fingerprint density at radius 3 is 2.39 bits per heavy atom. The number of benzene rings is 1. The Morgan fingerprint density at radius 1 is 1.09 bits per heavy atom. The largest absolute Gasteiger partial charge is 0.325 e. The molecule has 1 atom stereocenters. The quantitative estimate of drug-likeness (QED) is 0.901. The van der Waals surface area contributed by atoms with E-state index in [4.69, 9.17) is 11.6 Å². The van der Waals surface area contributed by atoms with E-state index in [0.717, 1.165) is 19.3 Å². The van der Waals surface area contributed by atoms with Gasteiger partial charge in [0.25, 0.3) is 0 Å². The molecular weight excluding hydrogens is 336 g/mol. The lowest BCUT2D eigenvalue weighted by atomic mass is 10.2. The minimum atomic E-state index is -3.38. The molecule has 2 fully saturated rings. The Hall–Kier alpha value is -1.11. The first-order chi connectivity index (χ1) is 11.0. The molecule has 1 aliphatic carbocycles. The van der Waals surface area contributed by atoms with E-state index in [1.54, 1.807) is 24.3 Å².